The maximum atomic E-state index is 9.27. The SMILES string of the molecule is Cc1cc(-c2nc3ccccc3n2CCO)c(N)s1. The van der Waals surface area contributed by atoms with Gasteiger partial charge in [0.1, 0.15) is 5.82 Å². The highest BCUT2D eigenvalue weighted by Crippen LogP contribution is 2.34. The zero-order valence-corrected chi connectivity index (χ0v) is 11.4. The Labute approximate surface area is 115 Å². The van der Waals surface area contributed by atoms with Crippen LogP contribution in [0.15, 0.2) is 30.3 Å². The van der Waals surface area contributed by atoms with Crippen molar-refractivity contribution in [2.75, 3.05) is 12.3 Å². The average Bonchev–Trinajstić information content (AvgIpc) is 2.91. The van der Waals surface area contributed by atoms with Crippen molar-refractivity contribution in [3.63, 3.8) is 0 Å². The number of imidazole rings is 1. The molecule has 0 bridgehead atoms. The molecule has 0 saturated heterocycles. The van der Waals surface area contributed by atoms with Crippen LogP contribution in [0.5, 0.6) is 0 Å². The smallest absolute Gasteiger partial charge is 0.144 e. The number of nitrogen functional groups attached to an aromatic ring is 1. The van der Waals surface area contributed by atoms with E-state index >= 15 is 0 Å². The van der Waals surface area contributed by atoms with E-state index < -0.39 is 0 Å². The molecule has 0 amide bonds. The van der Waals surface area contributed by atoms with Crippen LogP contribution in [0.1, 0.15) is 4.88 Å². The third-order valence-corrected chi connectivity index (χ3v) is 3.98. The van der Waals surface area contributed by atoms with Crippen LogP contribution < -0.4 is 5.73 Å². The minimum atomic E-state index is 0.0797. The van der Waals surface area contributed by atoms with Crippen LogP contribution in [0.2, 0.25) is 0 Å². The van der Waals surface area contributed by atoms with E-state index in [1.165, 1.54) is 0 Å². The third kappa shape index (κ3) is 2.01. The largest absolute Gasteiger partial charge is 0.395 e. The number of nitrogens with zero attached hydrogens (tertiary/aromatic N) is 2. The molecule has 98 valence electrons. The second-order valence-corrected chi connectivity index (χ2v) is 5.72. The van der Waals surface area contributed by atoms with Crippen molar-refractivity contribution in [2.45, 2.75) is 13.5 Å². The Balaban J connectivity index is 2.27. The number of nitrogens with two attached hydrogens (primary N) is 1. The molecule has 0 unspecified atom stereocenters. The van der Waals surface area contributed by atoms with E-state index in [1.54, 1.807) is 11.3 Å². The second-order valence-electron chi connectivity index (χ2n) is 4.43. The first-order chi connectivity index (χ1) is 9.20. The van der Waals surface area contributed by atoms with Crippen LogP contribution in [0, 0.1) is 6.92 Å². The minimum absolute atomic E-state index is 0.0797. The van der Waals surface area contributed by atoms with Crippen molar-refractivity contribution in [2.24, 2.45) is 0 Å². The summed E-state index contributed by atoms with van der Waals surface area (Å²) >= 11 is 1.56. The van der Waals surface area contributed by atoms with E-state index in [1.807, 2.05) is 35.8 Å². The summed E-state index contributed by atoms with van der Waals surface area (Å²) in [5.41, 5.74) is 8.96. The van der Waals surface area contributed by atoms with Gasteiger partial charge in [-0.1, -0.05) is 12.1 Å². The molecule has 0 fully saturated rings. The monoisotopic (exact) mass is 273 g/mol. The van der Waals surface area contributed by atoms with Crippen molar-refractivity contribution in [3.8, 4) is 11.4 Å². The third-order valence-electron chi connectivity index (χ3n) is 3.10. The number of rotatable bonds is 3. The second kappa shape index (κ2) is 4.68. The summed E-state index contributed by atoms with van der Waals surface area (Å²) in [6, 6.07) is 9.97. The van der Waals surface area contributed by atoms with Gasteiger partial charge in [0.05, 0.1) is 28.2 Å². The highest BCUT2D eigenvalue weighted by Gasteiger charge is 2.15. The van der Waals surface area contributed by atoms with Crippen LogP contribution >= 0.6 is 11.3 Å². The summed E-state index contributed by atoms with van der Waals surface area (Å²) in [7, 11) is 0. The van der Waals surface area contributed by atoms with Gasteiger partial charge in [-0.25, -0.2) is 4.98 Å². The van der Waals surface area contributed by atoms with E-state index in [0.29, 0.717) is 6.54 Å². The van der Waals surface area contributed by atoms with Crippen molar-refractivity contribution >= 4 is 27.4 Å². The highest BCUT2D eigenvalue weighted by molar-refractivity contribution is 7.16. The summed E-state index contributed by atoms with van der Waals surface area (Å²) in [5.74, 6) is 0.831. The molecule has 0 saturated carbocycles. The van der Waals surface area contributed by atoms with Gasteiger partial charge in [-0.15, -0.1) is 11.3 Å². The Morgan fingerprint density at radius 3 is 2.84 bits per heavy atom. The number of hydrogen-bond donors (Lipinski definition) is 2. The molecule has 0 radical (unpaired) electrons. The van der Waals surface area contributed by atoms with Gasteiger partial charge in [-0.2, -0.15) is 0 Å². The number of hydrogen-bond acceptors (Lipinski definition) is 4. The molecule has 3 aromatic rings. The topological polar surface area (TPSA) is 64.1 Å². The lowest BCUT2D eigenvalue weighted by Crippen LogP contribution is -2.04. The van der Waals surface area contributed by atoms with E-state index in [9.17, 15) is 5.11 Å². The molecule has 0 aliphatic heterocycles. The molecule has 0 aliphatic carbocycles. The molecule has 0 aliphatic rings. The normalized spacial score (nSPS) is 11.3. The summed E-state index contributed by atoms with van der Waals surface area (Å²) in [6.07, 6.45) is 0. The summed E-state index contributed by atoms with van der Waals surface area (Å²) in [4.78, 5) is 5.82. The van der Waals surface area contributed by atoms with Gasteiger partial charge in [0.2, 0.25) is 0 Å². The number of aliphatic hydroxyl groups excluding tert-OH is 1. The van der Waals surface area contributed by atoms with Crippen molar-refractivity contribution in [1.29, 1.82) is 0 Å². The molecule has 3 N–H and O–H groups in total. The first kappa shape index (κ1) is 12.2. The van der Waals surface area contributed by atoms with Gasteiger partial charge in [0.15, 0.2) is 0 Å². The van der Waals surface area contributed by atoms with Gasteiger partial charge in [-0.05, 0) is 25.1 Å². The molecule has 1 aromatic carbocycles. The first-order valence-corrected chi connectivity index (χ1v) is 6.95. The van der Waals surface area contributed by atoms with Gasteiger partial charge < -0.3 is 15.4 Å². The molecule has 19 heavy (non-hydrogen) atoms. The van der Waals surface area contributed by atoms with Crippen LogP contribution in [-0.2, 0) is 6.54 Å². The standard InChI is InChI=1S/C14H15N3OS/c1-9-8-10(13(15)19-9)14-16-11-4-2-3-5-12(11)17(14)6-7-18/h2-5,8,18H,6-7,15H2,1H3. The van der Waals surface area contributed by atoms with E-state index in [0.717, 1.165) is 32.3 Å². The summed E-state index contributed by atoms with van der Waals surface area (Å²) in [6.45, 7) is 2.63. The van der Waals surface area contributed by atoms with Crippen LogP contribution in [0.4, 0.5) is 5.00 Å². The predicted octanol–water partition coefficient (Wildman–Crippen LogP) is 2.65. The fraction of sp³-hybridized carbons (Fsp3) is 0.214. The summed E-state index contributed by atoms with van der Waals surface area (Å²) in [5, 5.41) is 10.0. The number of aryl methyl sites for hydroxylation is 1. The molecule has 2 aromatic heterocycles. The number of aromatic nitrogens is 2. The summed E-state index contributed by atoms with van der Waals surface area (Å²) < 4.78 is 2.02. The lowest BCUT2D eigenvalue weighted by atomic mass is 10.2. The van der Waals surface area contributed by atoms with Crippen molar-refractivity contribution < 1.29 is 5.11 Å². The quantitative estimate of drug-likeness (QED) is 0.771. The zero-order chi connectivity index (χ0) is 13.4. The molecule has 0 spiro atoms. The molecule has 4 nitrogen and oxygen atoms in total. The molecular weight excluding hydrogens is 258 g/mol. The molecule has 5 heteroatoms. The number of anilines is 1. The van der Waals surface area contributed by atoms with Crippen molar-refractivity contribution in [1.82, 2.24) is 9.55 Å². The maximum Gasteiger partial charge on any atom is 0.144 e. The Kier molecular flexibility index (Phi) is 3.00. The van der Waals surface area contributed by atoms with Crippen LogP contribution in [0.3, 0.4) is 0 Å². The Bertz CT molecular complexity index is 729. The van der Waals surface area contributed by atoms with Crippen molar-refractivity contribution in [3.05, 3.63) is 35.2 Å². The molecular formula is C14H15N3OS. The maximum absolute atomic E-state index is 9.27. The van der Waals surface area contributed by atoms with Crippen LogP contribution in [0.25, 0.3) is 22.4 Å². The van der Waals surface area contributed by atoms with Gasteiger partial charge >= 0.3 is 0 Å². The fourth-order valence-electron chi connectivity index (χ4n) is 2.31. The molecule has 0 atom stereocenters. The fourth-order valence-corrected chi connectivity index (χ4v) is 3.10. The molecule has 2 heterocycles. The van der Waals surface area contributed by atoms with Crippen LogP contribution in [-0.4, -0.2) is 21.3 Å². The number of para-hydroxylation sites is 2. The van der Waals surface area contributed by atoms with Gasteiger partial charge in [-0.3, -0.25) is 0 Å². The lowest BCUT2D eigenvalue weighted by molar-refractivity contribution is 0.278. The van der Waals surface area contributed by atoms with E-state index in [4.69, 9.17) is 5.73 Å². The number of thiophene rings is 1. The average molecular weight is 273 g/mol. The van der Waals surface area contributed by atoms with E-state index in [2.05, 4.69) is 11.1 Å². The highest BCUT2D eigenvalue weighted by atomic mass is 32.1. The van der Waals surface area contributed by atoms with Gasteiger partial charge in [0, 0.05) is 11.4 Å². The zero-order valence-electron chi connectivity index (χ0n) is 10.6. The number of benzene rings is 1. The molecule has 3 rings (SSSR count). The number of fused-ring (bicyclic) bond motifs is 1. The first-order valence-electron chi connectivity index (χ1n) is 6.13. The lowest BCUT2D eigenvalue weighted by Gasteiger charge is -2.06. The van der Waals surface area contributed by atoms with Gasteiger partial charge in [0.25, 0.3) is 0 Å². The van der Waals surface area contributed by atoms with E-state index in [-0.39, 0.29) is 6.61 Å². The Hall–Kier alpha value is -1.85. The predicted molar refractivity (Wildman–Crippen MR) is 79.3 cm³/mol. The Morgan fingerprint density at radius 1 is 1.37 bits per heavy atom. The Morgan fingerprint density at radius 2 is 2.16 bits per heavy atom. The number of aliphatic hydroxyl groups is 1. The minimum Gasteiger partial charge on any atom is -0.395 e.